The first-order valence-corrected chi connectivity index (χ1v) is 15.6. The van der Waals surface area contributed by atoms with Gasteiger partial charge in [-0.1, -0.05) is 42.4 Å². The Balaban J connectivity index is 1.40. The number of nitrogens with zero attached hydrogens (tertiary/aromatic N) is 7. The minimum absolute atomic E-state index is 0.159. The lowest BCUT2D eigenvalue weighted by Crippen LogP contribution is -2.55. The van der Waals surface area contributed by atoms with Crippen molar-refractivity contribution in [3.8, 4) is 12.1 Å². The fourth-order valence-electron chi connectivity index (χ4n) is 6.66. The van der Waals surface area contributed by atoms with Gasteiger partial charge in [0.05, 0.1) is 29.2 Å². The molecule has 2 atom stereocenters. The molecule has 0 saturated carbocycles. The second-order valence-corrected chi connectivity index (χ2v) is 12.0. The van der Waals surface area contributed by atoms with E-state index in [9.17, 15) is 14.9 Å². The number of hydrogen-bond acceptors (Lipinski definition) is 8. The lowest BCUT2D eigenvalue weighted by atomic mass is 10.1. The lowest BCUT2D eigenvalue weighted by molar-refractivity contribution is -0.128. The van der Waals surface area contributed by atoms with Crippen LogP contribution in [0.1, 0.15) is 41.7 Å². The number of halogens is 1. The molecule has 0 bridgehead atoms. The van der Waals surface area contributed by atoms with Gasteiger partial charge in [-0.15, -0.1) is 0 Å². The second-order valence-electron chi connectivity index (χ2n) is 11.6. The number of nitriles is 1. The van der Waals surface area contributed by atoms with Gasteiger partial charge in [0.25, 0.3) is 5.91 Å². The predicted octanol–water partition coefficient (Wildman–Crippen LogP) is 4.47. The number of anilines is 2. The number of piperazine rings is 1. The summed E-state index contributed by atoms with van der Waals surface area (Å²) in [6, 6.07) is 13.9. The van der Waals surface area contributed by atoms with Gasteiger partial charge in [0.1, 0.15) is 18.1 Å². The maximum absolute atomic E-state index is 14.4. The summed E-state index contributed by atoms with van der Waals surface area (Å²) in [5.74, 6) is 0.200. The zero-order chi connectivity index (χ0) is 30.8. The van der Waals surface area contributed by atoms with E-state index < -0.39 is 0 Å². The van der Waals surface area contributed by atoms with Gasteiger partial charge < -0.3 is 24.3 Å². The Kier molecular flexibility index (Phi) is 8.69. The Hall–Kier alpha value is -4.20. The molecule has 2 fully saturated rings. The number of aromatic nitrogens is 2. The van der Waals surface area contributed by atoms with Crippen LogP contribution in [0.25, 0.3) is 10.8 Å². The summed E-state index contributed by atoms with van der Waals surface area (Å²) in [5.41, 5.74) is 1.81. The third kappa shape index (κ3) is 5.70. The van der Waals surface area contributed by atoms with Gasteiger partial charge in [0.15, 0.2) is 0 Å². The standard InChI is InChI=1S/C33H36ClN7O3/c1-3-28(42)40-19-18-39(20-23(40)14-15-35)31-25-11-7-17-41(27-13-5-9-22-8-4-12-26(34)29(22)27)32(43)30(25)36-33(37-31)44-21-24-10-6-16-38(24)2/h3-5,8-9,12-13,23-24H,1,6-7,10-11,14,16-21H2,2H3. The van der Waals surface area contributed by atoms with Gasteiger partial charge in [0.2, 0.25) is 5.91 Å². The molecule has 0 radical (unpaired) electrons. The van der Waals surface area contributed by atoms with Gasteiger partial charge in [-0.2, -0.15) is 15.2 Å². The summed E-state index contributed by atoms with van der Waals surface area (Å²) in [6.45, 7) is 6.86. The van der Waals surface area contributed by atoms with E-state index >= 15 is 0 Å². The highest BCUT2D eigenvalue weighted by molar-refractivity contribution is 6.37. The molecule has 0 N–H and O–H groups in total. The van der Waals surface area contributed by atoms with Crippen LogP contribution in [0.15, 0.2) is 49.1 Å². The highest BCUT2D eigenvalue weighted by Crippen LogP contribution is 2.37. The van der Waals surface area contributed by atoms with Crippen molar-refractivity contribution in [2.45, 2.75) is 44.2 Å². The summed E-state index contributed by atoms with van der Waals surface area (Å²) in [6.07, 6.45) is 4.88. The lowest BCUT2D eigenvalue weighted by Gasteiger charge is -2.41. The van der Waals surface area contributed by atoms with E-state index in [4.69, 9.17) is 26.3 Å². The summed E-state index contributed by atoms with van der Waals surface area (Å²) >= 11 is 6.67. The van der Waals surface area contributed by atoms with Crippen molar-refractivity contribution < 1.29 is 14.3 Å². The van der Waals surface area contributed by atoms with Crippen molar-refractivity contribution in [2.24, 2.45) is 0 Å². The highest BCUT2D eigenvalue weighted by Gasteiger charge is 2.35. The molecule has 2 aromatic carbocycles. The number of rotatable bonds is 7. The smallest absolute Gasteiger partial charge is 0.319 e. The van der Waals surface area contributed by atoms with Crippen LogP contribution < -0.4 is 14.5 Å². The molecule has 2 unspecified atom stereocenters. The van der Waals surface area contributed by atoms with Crippen molar-refractivity contribution in [3.05, 3.63) is 65.3 Å². The normalized spacial score (nSPS) is 20.8. The topological polar surface area (TPSA) is 106 Å². The molecule has 44 heavy (non-hydrogen) atoms. The molecular formula is C33H36ClN7O3. The first-order valence-electron chi connectivity index (χ1n) is 15.2. The Morgan fingerprint density at radius 2 is 1.95 bits per heavy atom. The van der Waals surface area contributed by atoms with Crippen LogP contribution in [0.3, 0.4) is 0 Å². The summed E-state index contributed by atoms with van der Waals surface area (Å²) in [5, 5.41) is 11.9. The van der Waals surface area contributed by atoms with Crippen LogP contribution >= 0.6 is 11.6 Å². The molecule has 2 saturated heterocycles. The van der Waals surface area contributed by atoms with Crippen LogP contribution in [-0.2, 0) is 11.2 Å². The summed E-state index contributed by atoms with van der Waals surface area (Å²) in [7, 11) is 2.08. The van der Waals surface area contributed by atoms with Gasteiger partial charge in [-0.05, 0) is 62.9 Å². The summed E-state index contributed by atoms with van der Waals surface area (Å²) in [4.78, 5) is 44.5. The predicted molar refractivity (Wildman–Crippen MR) is 170 cm³/mol. The number of benzene rings is 2. The van der Waals surface area contributed by atoms with Crippen molar-refractivity contribution in [3.63, 3.8) is 0 Å². The first-order chi connectivity index (χ1) is 21.4. The Morgan fingerprint density at radius 1 is 1.14 bits per heavy atom. The van der Waals surface area contributed by atoms with Gasteiger partial charge in [-0.3, -0.25) is 9.59 Å². The van der Waals surface area contributed by atoms with E-state index in [1.54, 1.807) is 9.80 Å². The monoisotopic (exact) mass is 613 g/mol. The minimum atomic E-state index is -0.336. The maximum Gasteiger partial charge on any atom is 0.319 e. The minimum Gasteiger partial charge on any atom is -0.462 e. The molecule has 11 heteroatoms. The second kappa shape index (κ2) is 12.8. The van der Waals surface area contributed by atoms with Crippen molar-refractivity contribution in [2.75, 3.05) is 56.2 Å². The van der Waals surface area contributed by atoms with E-state index in [0.717, 1.165) is 41.4 Å². The SMILES string of the molecule is C=CC(=O)N1CCN(c2nc(OCC3CCCN3C)nc3c2CCCN(c2cccc4cccc(Cl)c24)C3=O)CC1CC#N. The van der Waals surface area contributed by atoms with E-state index in [1.165, 1.54) is 6.08 Å². The van der Waals surface area contributed by atoms with Crippen molar-refractivity contribution >= 4 is 45.7 Å². The quantitative estimate of drug-likeness (QED) is 0.360. The number of likely N-dealkylation sites (tertiary alicyclic amines) is 1. The van der Waals surface area contributed by atoms with E-state index in [2.05, 4.69) is 29.5 Å². The number of ether oxygens (including phenoxy) is 1. The highest BCUT2D eigenvalue weighted by atomic mass is 35.5. The average Bonchev–Trinajstić information content (AvgIpc) is 3.38. The van der Waals surface area contributed by atoms with Crippen LogP contribution in [0.2, 0.25) is 5.02 Å². The zero-order valence-electron chi connectivity index (χ0n) is 24.9. The molecule has 3 aliphatic rings. The van der Waals surface area contributed by atoms with Gasteiger partial charge in [-0.25, -0.2) is 0 Å². The summed E-state index contributed by atoms with van der Waals surface area (Å²) < 4.78 is 6.22. The molecular weight excluding hydrogens is 578 g/mol. The Morgan fingerprint density at radius 3 is 2.70 bits per heavy atom. The molecule has 2 amide bonds. The number of amides is 2. The number of likely N-dealkylation sites (N-methyl/N-ethyl adjacent to an activating group) is 1. The fourth-order valence-corrected chi connectivity index (χ4v) is 6.93. The average molecular weight is 614 g/mol. The fraction of sp³-hybridized carbons (Fsp3) is 0.424. The van der Waals surface area contributed by atoms with Gasteiger partial charge in [0, 0.05) is 43.2 Å². The molecule has 4 heterocycles. The zero-order valence-corrected chi connectivity index (χ0v) is 25.7. The van der Waals surface area contributed by atoms with Crippen LogP contribution in [-0.4, -0.2) is 90.0 Å². The third-order valence-corrected chi connectivity index (χ3v) is 9.30. The molecule has 10 nitrogen and oxygen atoms in total. The van der Waals surface area contributed by atoms with Gasteiger partial charge >= 0.3 is 6.01 Å². The molecule has 228 valence electrons. The van der Waals surface area contributed by atoms with E-state index in [1.807, 2.05) is 36.4 Å². The third-order valence-electron chi connectivity index (χ3n) is 8.99. The number of carbonyl (C=O) groups excluding carboxylic acids is 2. The molecule has 1 aromatic heterocycles. The number of carbonyl (C=O) groups is 2. The molecule has 0 spiro atoms. The Bertz CT molecular complexity index is 1630. The maximum atomic E-state index is 14.4. The van der Waals surface area contributed by atoms with Crippen LogP contribution in [0.4, 0.5) is 11.5 Å². The molecule has 3 aliphatic heterocycles. The van der Waals surface area contributed by atoms with E-state index in [0.29, 0.717) is 62.2 Å². The molecule has 3 aromatic rings. The van der Waals surface area contributed by atoms with E-state index in [-0.39, 0.29) is 36.3 Å². The Labute approximate surface area is 262 Å². The number of fused-ring (bicyclic) bond motifs is 2. The number of hydrogen-bond donors (Lipinski definition) is 0. The van der Waals surface area contributed by atoms with Crippen molar-refractivity contribution in [1.82, 2.24) is 19.8 Å². The largest absolute Gasteiger partial charge is 0.462 e. The molecule has 6 rings (SSSR count). The van der Waals surface area contributed by atoms with Crippen molar-refractivity contribution in [1.29, 1.82) is 5.26 Å². The van der Waals surface area contributed by atoms with Crippen LogP contribution in [0, 0.1) is 11.3 Å². The molecule has 0 aliphatic carbocycles. The van der Waals surface area contributed by atoms with Crippen LogP contribution in [0.5, 0.6) is 6.01 Å². The first kappa shape index (κ1) is 29.9.